The van der Waals surface area contributed by atoms with Gasteiger partial charge in [0.25, 0.3) is 0 Å². The molecule has 0 aliphatic carbocycles. The molecule has 0 atom stereocenters. The molecule has 20 heavy (non-hydrogen) atoms. The second-order valence-electron chi connectivity index (χ2n) is 4.86. The van der Waals surface area contributed by atoms with E-state index in [2.05, 4.69) is 32.3 Å². The van der Waals surface area contributed by atoms with Gasteiger partial charge in [0, 0.05) is 25.7 Å². The van der Waals surface area contributed by atoms with Gasteiger partial charge in [-0.05, 0) is 32.9 Å². The summed E-state index contributed by atoms with van der Waals surface area (Å²) in [6.07, 6.45) is 5.67. The second kappa shape index (κ2) is 6.60. The highest BCUT2D eigenvalue weighted by Crippen LogP contribution is 2.30. The molecular weight excluding hydrogens is 290 g/mol. The van der Waals surface area contributed by atoms with Crippen LogP contribution in [0.1, 0.15) is 24.8 Å². The Hall–Kier alpha value is -1.05. The van der Waals surface area contributed by atoms with E-state index < -0.39 is 0 Å². The van der Waals surface area contributed by atoms with Gasteiger partial charge < -0.3 is 10.2 Å². The maximum Gasteiger partial charge on any atom is 0.206 e. The standard InChI is InChI=1S/C13H19N5S2/c1-2-14-13-17-16-12(20-13)10-9-15-11(19-10)5-8-18-6-3-4-7-18/h9H,2-8H2,1H3,(H,14,17). The summed E-state index contributed by atoms with van der Waals surface area (Å²) in [5, 5.41) is 14.6. The molecule has 0 amide bonds. The van der Waals surface area contributed by atoms with Crippen molar-refractivity contribution >= 4 is 27.8 Å². The molecule has 2 aromatic heterocycles. The van der Waals surface area contributed by atoms with E-state index in [1.807, 2.05) is 6.20 Å². The number of hydrogen-bond acceptors (Lipinski definition) is 7. The molecule has 0 unspecified atom stereocenters. The van der Waals surface area contributed by atoms with Crippen LogP contribution in [0, 0.1) is 0 Å². The number of nitrogens with zero attached hydrogens (tertiary/aromatic N) is 4. The lowest BCUT2D eigenvalue weighted by Gasteiger charge is -2.12. The Morgan fingerprint density at radius 3 is 2.90 bits per heavy atom. The van der Waals surface area contributed by atoms with Gasteiger partial charge in [-0.2, -0.15) is 0 Å². The first-order valence-corrected chi connectivity index (χ1v) is 8.73. The van der Waals surface area contributed by atoms with Crippen LogP contribution in [0.5, 0.6) is 0 Å². The highest BCUT2D eigenvalue weighted by atomic mass is 32.1. The van der Waals surface area contributed by atoms with Crippen molar-refractivity contribution in [1.29, 1.82) is 0 Å². The Morgan fingerprint density at radius 2 is 2.10 bits per heavy atom. The fourth-order valence-electron chi connectivity index (χ4n) is 2.33. The van der Waals surface area contributed by atoms with Crippen molar-refractivity contribution in [2.75, 3.05) is 31.5 Å². The highest BCUT2D eigenvalue weighted by molar-refractivity contribution is 7.23. The number of thiazole rings is 1. The summed E-state index contributed by atoms with van der Waals surface area (Å²) >= 11 is 3.34. The first kappa shape index (κ1) is 13.9. The minimum atomic E-state index is 0.873. The Labute approximate surface area is 127 Å². The lowest BCUT2D eigenvalue weighted by Crippen LogP contribution is -2.21. The largest absolute Gasteiger partial charge is 0.360 e. The quantitative estimate of drug-likeness (QED) is 0.889. The normalized spacial score (nSPS) is 15.8. The van der Waals surface area contributed by atoms with Gasteiger partial charge in [0.15, 0.2) is 5.01 Å². The highest BCUT2D eigenvalue weighted by Gasteiger charge is 2.13. The summed E-state index contributed by atoms with van der Waals surface area (Å²) in [6.45, 7) is 6.57. The Morgan fingerprint density at radius 1 is 1.25 bits per heavy atom. The molecule has 108 valence electrons. The minimum absolute atomic E-state index is 0.873. The topological polar surface area (TPSA) is 53.9 Å². The minimum Gasteiger partial charge on any atom is -0.360 e. The maximum absolute atomic E-state index is 4.52. The molecule has 7 heteroatoms. The lowest BCUT2D eigenvalue weighted by molar-refractivity contribution is 0.343. The first-order valence-electron chi connectivity index (χ1n) is 7.10. The summed E-state index contributed by atoms with van der Waals surface area (Å²) in [7, 11) is 0. The molecule has 1 saturated heterocycles. The van der Waals surface area contributed by atoms with Crippen LogP contribution in [-0.4, -0.2) is 46.3 Å². The van der Waals surface area contributed by atoms with E-state index >= 15 is 0 Å². The summed E-state index contributed by atoms with van der Waals surface area (Å²) in [5.74, 6) is 0. The van der Waals surface area contributed by atoms with E-state index in [0.29, 0.717) is 0 Å². The van der Waals surface area contributed by atoms with Crippen LogP contribution in [0.4, 0.5) is 5.13 Å². The van der Waals surface area contributed by atoms with Crippen LogP contribution in [0.2, 0.25) is 0 Å². The van der Waals surface area contributed by atoms with Crippen LogP contribution in [-0.2, 0) is 6.42 Å². The molecule has 1 N–H and O–H groups in total. The zero-order valence-corrected chi connectivity index (χ0v) is 13.3. The molecule has 5 nitrogen and oxygen atoms in total. The molecule has 0 radical (unpaired) electrons. The number of rotatable bonds is 6. The molecule has 0 saturated carbocycles. The summed E-state index contributed by atoms with van der Waals surface area (Å²) in [5.41, 5.74) is 0. The third-order valence-electron chi connectivity index (χ3n) is 3.36. The van der Waals surface area contributed by atoms with E-state index in [0.717, 1.165) is 34.5 Å². The average molecular weight is 309 g/mol. The number of likely N-dealkylation sites (tertiary alicyclic amines) is 1. The monoisotopic (exact) mass is 309 g/mol. The van der Waals surface area contributed by atoms with Crippen molar-refractivity contribution in [1.82, 2.24) is 20.1 Å². The molecule has 2 aromatic rings. The molecule has 1 aliphatic heterocycles. The fraction of sp³-hybridized carbons (Fsp3) is 0.615. The summed E-state index contributed by atoms with van der Waals surface area (Å²) < 4.78 is 0. The number of aromatic nitrogens is 3. The molecule has 3 rings (SSSR count). The first-order chi connectivity index (χ1) is 9.85. The van der Waals surface area contributed by atoms with Gasteiger partial charge in [0.05, 0.1) is 9.88 Å². The van der Waals surface area contributed by atoms with Crippen LogP contribution in [0.25, 0.3) is 9.88 Å². The SMILES string of the molecule is CCNc1nnc(-c2cnc(CCN3CCCC3)s2)s1. The number of hydrogen-bond donors (Lipinski definition) is 1. The smallest absolute Gasteiger partial charge is 0.206 e. The van der Waals surface area contributed by atoms with Crippen LogP contribution < -0.4 is 5.32 Å². The summed E-state index contributed by atoms with van der Waals surface area (Å²) in [6, 6.07) is 0. The van der Waals surface area contributed by atoms with Crippen molar-refractivity contribution < 1.29 is 0 Å². The molecular formula is C13H19N5S2. The van der Waals surface area contributed by atoms with Gasteiger partial charge in [-0.3, -0.25) is 0 Å². The molecule has 0 bridgehead atoms. The Kier molecular flexibility index (Phi) is 4.59. The van der Waals surface area contributed by atoms with Crippen LogP contribution in [0.15, 0.2) is 6.20 Å². The van der Waals surface area contributed by atoms with Crippen molar-refractivity contribution in [2.24, 2.45) is 0 Å². The average Bonchev–Trinajstić information content (AvgIpc) is 3.18. The second-order valence-corrected chi connectivity index (χ2v) is 6.95. The van der Waals surface area contributed by atoms with E-state index in [9.17, 15) is 0 Å². The molecule has 1 aliphatic rings. The predicted molar refractivity (Wildman–Crippen MR) is 84.6 cm³/mol. The van der Waals surface area contributed by atoms with Crippen LogP contribution >= 0.6 is 22.7 Å². The Bertz CT molecular complexity index is 544. The zero-order valence-electron chi connectivity index (χ0n) is 11.6. The predicted octanol–water partition coefficient (Wildman–Crippen LogP) is 2.73. The van der Waals surface area contributed by atoms with Crippen molar-refractivity contribution in [2.45, 2.75) is 26.2 Å². The number of anilines is 1. The number of nitrogens with one attached hydrogen (secondary N) is 1. The van der Waals surface area contributed by atoms with Gasteiger partial charge in [0.1, 0.15) is 0 Å². The maximum atomic E-state index is 4.52. The van der Waals surface area contributed by atoms with Gasteiger partial charge in [-0.15, -0.1) is 21.5 Å². The van der Waals surface area contributed by atoms with Crippen LogP contribution in [0.3, 0.4) is 0 Å². The molecule has 1 fully saturated rings. The van der Waals surface area contributed by atoms with Crippen molar-refractivity contribution in [3.8, 4) is 9.88 Å². The molecule has 0 aromatic carbocycles. The lowest BCUT2D eigenvalue weighted by atomic mass is 10.4. The molecule has 0 spiro atoms. The molecule has 3 heterocycles. The van der Waals surface area contributed by atoms with Gasteiger partial charge in [0.2, 0.25) is 5.13 Å². The van der Waals surface area contributed by atoms with Gasteiger partial charge >= 0.3 is 0 Å². The zero-order chi connectivity index (χ0) is 13.8. The summed E-state index contributed by atoms with van der Waals surface area (Å²) in [4.78, 5) is 8.17. The third-order valence-corrected chi connectivity index (χ3v) is 5.47. The van der Waals surface area contributed by atoms with Gasteiger partial charge in [-0.25, -0.2) is 4.98 Å². The van der Waals surface area contributed by atoms with E-state index in [1.165, 1.54) is 30.9 Å². The van der Waals surface area contributed by atoms with E-state index in [-0.39, 0.29) is 0 Å². The van der Waals surface area contributed by atoms with E-state index in [1.54, 1.807) is 22.7 Å². The fourth-order valence-corrected chi connectivity index (χ4v) is 4.08. The van der Waals surface area contributed by atoms with Crippen molar-refractivity contribution in [3.05, 3.63) is 11.2 Å². The van der Waals surface area contributed by atoms with Gasteiger partial charge in [-0.1, -0.05) is 11.3 Å². The van der Waals surface area contributed by atoms with Crippen molar-refractivity contribution in [3.63, 3.8) is 0 Å². The van der Waals surface area contributed by atoms with E-state index in [4.69, 9.17) is 0 Å². The third kappa shape index (κ3) is 3.34. The Balaban J connectivity index is 1.60.